The number of amides is 1. The van der Waals surface area contributed by atoms with Gasteiger partial charge < -0.3 is 19.7 Å². The molecule has 6 nitrogen and oxygen atoms in total. The van der Waals surface area contributed by atoms with Gasteiger partial charge in [0.2, 0.25) is 5.91 Å². The molecule has 0 unspecified atom stereocenters. The molecule has 2 fully saturated rings. The van der Waals surface area contributed by atoms with Gasteiger partial charge in [-0.05, 0) is 73.9 Å². The fraction of sp³-hybridized carbons (Fsp3) is 0.581. The van der Waals surface area contributed by atoms with Crippen molar-refractivity contribution in [2.24, 2.45) is 11.8 Å². The molecule has 1 aliphatic carbocycles. The van der Waals surface area contributed by atoms with Gasteiger partial charge >= 0.3 is 0 Å². The largest absolute Gasteiger partial charge is 0.493 e. The Bertz CT molecular complexity index is 992. The maximum Gasteiger partial charge on any atom is 0.224 e. The molecule has 2 aromatic carbocycles. The van der Waals surface area contributed by atoms with Crippen LogP contribution in [0.5, 0.6) is 5.75 Å². The van der Waals surface area contributed by atoms with Crippen molar-refractivity contribution in [3.05, 3.63) is 65.2 Å². The lowest BCUT2D eigenvalue weighted by atomic mass is 9.88. The van der Waals surface area contributed by atoms with E-state index in [-0.39, 0.29) is 11.8 Å². The number of carbonyl (C=O) groups excluding carboxylic acids is 1. The van der Waals surface area contributed by atoms with Gasteiger partial charge in [-0.15, -0.1) is 0 Å². The van der Waals surface area contributed by atoms with Gasteiger partial charge in [0.15, 0.2) is 0 Å². The van der Waals surface area contributed by atoms with E-state index in [0.717, 1.165) is 90.5 Å². The number of piperidine rings is 1. The maximum atomic E-state index is 13.2. The van der Waals surface area contributed by atoms with Gasteiger partial charge in [0.1, 0.15) is 5.75 Å². The van der Waals surface area contributed by atoms with E-state index in [9.17, 15) is 4.79 Å². The first-order valence-electron chi connectivity index (χ1n) is 14.3. The third kappa shape index (κ3) is 7.79. The first-order valence-corrected chi connectivity index (χ1v) is 14.3. The van der Waals surface area contributed by atoms with Crippen LogP contribution in [0.15, 0.2) is 48.5 Å². The van der Waals surface area contributed by atoms with Gasteiger partial charge in [-0.25, -0.2) is 0 Å². The average molecular weight is 506 g/mol. The number of ether oxygens (including phenoxy) is 2. The van der Waals surface area contributed by atoms with Crippen molar-refractivity contribution < 1.29 is 14.3 Å². The van der Waals surface area contributed by atoms with Crippen LogP contribution in [0.2, 0.25) is 0 Å². The Morgan fingerprint density at radius 3 is 2.68 bits per heavy atom. The number of carbonyl (C=O) groups is 1. The summed E-state index contributed by atoms with van der Waals surface area (Å²) in [5.41, 5.74) is 4.27. The molecule has 37 heavy (non-hydrogen) atoms. The minimum Gasteiger partial charge on any atom is -0.493 e. The van der Waals surface area contributed by atoms with E-state index < -0.39 is 0 Å². The third-order valence-corrected chi connectivity index (χ3v) is 8.15. The van der Waals surface area contributed by atoms with E-state index >= 15 is 0 Å². The smallest absolute Gasteiger partial charge is 0.224 e. The van der Waals surface area contributed by atoms with E-state index in [1.54, 1.807) is 0 Å². The van der Waals surface area contributed by atoms with Crippen molar-refractivity contribution in [3.63, 3.8) is 0 Å². The quantitative estimate of drug-likeness (QED) is 0.473. The summed E-state index contributed by atoms with van der Waals surface area (Å²) >= 11 is 0. The summed E-state index contributed by atoms with van der Waals surface area (Å²) in [6.45, 7) is 8.86. The fourth-order valence-corrected chi connectivity index (χ4v) is 6.06. The number of nitrogens with zero attached hydrogens (tertiary/aromatic N) is 2. The molecule has 6 heteroatoms. The second kappa shape index (κ2) is 13.4. The summed E-state index contributed by atoms with van der Waals surface area (Å²) in [4.78, 5) is 18.1. The number of morpholine rings is 1. The van der Waals surface area contributed by atoms with Gasteiger partial charge in [0.05, 0.1) is 25.7 Å². The molecule has 1 N–H and O–H groups in total. The molecule has 1 amide bonds. The number of aryl methyl sites for hydroxylation is 2. The number of benzene rings is 2. The minimum atomic E-state index is 0.0153. The lowest BCUT2D eigenvalue weighted by molar-refractivity contribution is -0.127. The molecule has 0 spiro atoms. The van der Waals surface area contributed by atoms with Crippen molar-refractivity contribution in [1.29, 1.82) is 0 Å². The molecule has 0 radical (unpaired) electrons. The van der Waals surface area contributed by atoms with E-state index in [1.165, 1.54) is 29.5 Å². The van der Waals surface area contributed by atoms with Crippen LogP contribution in [0.25, 0.3) is 0 Å². The molecule has 2 saturated heterocycles. The molecule has 2 atom stereocenters. The van der Waals surface area contributed by atoms with E-state index in [0.29, 0.717) is 12.5 Å². The van der Waals surface area contributed by atoms with Crippen molar-refractivity contribution in [1.82, 2.24) is 15.1 Å². The van der Waals surface area contributed by atoms with Gasteiger partial charge in [0, 0.05) is 45.2 Å². The molecule has 2 aliphatic heterocycles. The summed E-state index contributed by atoms with van der Waals surface area (Å²) in [5.74, 6) is 1.54. The zero-order valence-corrected chi connectivity index (χ0v) is 22.2. The van der Waals surface area contributed by atoms with Gasteiger partial charge in [-0.1, -0.05) is 36.4 Å². The zero-order valence-electron chi connectivity index (χ0n) is 22.2. The fourth-order valence-electron chi connectivity index (χ4n) is 6.06. The van der Waals surface area contributed by atoms with Gasteiger partial charge in [-0.2, -0.15) is 0 Å². The standard InChI is InChI=1S/C31H43N3O3/c35-31(32-13-5-14-33-16-18-36-19-17-33)29-20-26(22-34(23-29)15-12-25-6-2-1-3-7-25)24-37-30-11-10-27-8-4-9-28(27)21-30/h1-3,6-7,10-11,21,26,29H,4-5,8-9,12-20,22-24H2,(H,32,35)/t26-,29+/m0/s1. The Hall–Kier alpha value is -2.41. The molecule has 0 bridgehead atoms. The van der Waals surface area contributed by atoms with Crippen LogP contribution < -0.4 is 10.1 Å². The lowest BCUT2D eigenvalue weighted by Crippen LogP contribution is -2.48. The predicted octanol–water partition coefficient (Wildman–Crippen LogP) is 3.57. The van der Waals surface area contributed by atoms with E-state index in [4.69, 9.17) is 9.47 Å². The number of hydrogen-bond donors (Lipinski definition) is 1. The first kappa shape index (κ1) is 26.2. The second-order valence-corrected chi connectivity index (χ2v) is 11.0. The molecule has 2 heterocycles. The van der Waals surface area contributed by atoms with Gasteiger partial charge in [0.25, 0.3) is 0 Å². The van der Waals surface area contributed by atoms with Crippen molar-refractivity contribution in [2.45, 2.75) is 38.5 Å². The highest BCUT2D eigenvalue weighted by Gasteiger charge is 2.32. The second-order valence-electron chi connectivity index (χ2n) is 11.0. The highest BCUT2D eigenvalue weighted by molar-refractivity contribution is 5.79. The van der Waals surface area contributed by atoms with E-state index in [2.05, 4.69) is 63.6 Å². The number of fused-ring (bicyclic) bond motifs is 1. The normalized spacial score (nSPS) is 22.5. The lowest BCUT2D eigenvalue weighted by Gasteiger charge is -2.37. The molecule has 0 saturated carbocycles. The van der Waals surface area contributed by atoms with Crippen LogP contribution in [0.1, 0.15) is 36.0 Å². The third-order valence-electron chi connectivity index (χ3n) is 8.15. The van der Waals surface area contributed by atoms with Crippen LogP contribution in [-0.4, -0.2) is 81.3 Å². The molecule has 2 aromatic rings. The molecule has 5 rings (SSSR count). The Morgan fingerprint density at radius 1 is 0.973 bits per heavy atom. The van der Waals surface area contributed by atoms with Crippen molar-refractivity contribution in [3.8, 4) is 5.75 Å². The Morgan fingerprint density at radius 2 is 1.81 bits per heavy atom. The van der Waals surface area contributed by atoms with Crippen molar-refractivity contribution in [2.75, 3.05) is 65.6 Å². The number of hydrogen-bond acceptors (Lipinski definition) is 5. The molecular formula is C31H43N3O3. The summed E-state index contributed by atoms with van der Waals surface area (Å²) in [6, 6.07) is 17.2. The Labute approximate surface area is 222 Å². The minimum absolute atomic E-state index is 0.0153. The summed E-state index contributed by atoms with van der Waals surface area (Å²) in [6.07, 6.45) is 6.49. The topological polar surface area (TPSA) is 54.0 Å². The molecular weight excluding hydrogens is 462 g/mol. The first-order chi connectivity index (χ1) is 18.2. The van der Waals surface area contributed by atoms with Crippen molar-refractivity contribution >= 4 is 5.91 Å². The molecule has 0 aromatic heterocycles. The Kier molecular flexibility index (Phi) is 9.49. The zero-order chi connectivity index (χ0) is 25.3. The monoisotopic (exact) mass is 505 g/mol. The number of rotatable bonds is 11. The number of nitrogens with one attached hydrogen (secondary N) is 1. The summed E-state index contributed by atoms with van der Waals surface area (Å²) in [7, 11) is 0. The maximum absolute atomic E-state index is 13.2. The van der Waals surface area contributed by atoms with Crippen LogP contribution >= 0.6 is 0 Å². The summed E-state index contributed by atoms with van der Waals surface area (Å²) in [5, 5.41) is 3.24. The van der Waals surface area contributed by atoms with E-state index in [1.807, 2.05) is 0 Å². The molecule has 3 aliphatic rings. The highest BCUT2D eigenvalue weighted by atomic mass is 16.5. The highest BCUT2D eigenvalue weighted by Crippen LogP contribution is 2.28. The Balaban J connectivity index is 1.14. The van der Waals surface area contributed by atoms with Crippen LogP contribution in [0, 0.1) is 11.8 Å². The van der Waals surface area contributed by atoms with Crippen LogP contribution in [0.3, 0.4) is 0 Å². The predicted molar refractivity (Wildman–Crippen MR) is 147 cm³/mol. The average Bonchev–Trinajstić information content (AvgIpc) is 3.42. The SMILES string of the molecule is O=C(NCCCN1CCOCC1)[C@@H]1C[C@H](COc2ccc3c(c2)CCC3)CN(CCc2ccccc2)C1. The van der Waals surface area contributed by atoms with Crippen LogP contribution in [0.4, 0.5) is 0 Å². The number of likely N-dealkylation sites (tertiary alicyclic amines) is 1. The summed E-state index contributed by atoms with van der Waals surface area (Å²) < 4.78 is 11.7. The van der Waals surface area contributed by atoms with Gasteiger partial charge in [-0.3, -0.25) is 9.69 Å². The van der Waals surface area contributed by atoms with Crippen LogP contribution in [-0.2, 0) is 28.8 Å². The molecule has 200 valence electrons.